The molecule has 0 bridgehead atoms. The molecule has 2 rings (SSSR count). The SMILES string of the molecule is Cc1conc1CS(=O)(=O)N(C)Cc1cccc(C(F)(F)F)c1. The maximum absolute atomic E-state index is 12.7. The van der Waals surface area contributed by atoms with Crippen LogP contribution in [0.15, 0.2) is 35.1 Å². The number of alkyl halides is 3. The third kappa shape index (κ3) is 4.32. The number of halogens is 3. The molecule has 0 amide bonds. The van der Waals surface area contributed by atoms with Crippen molar-refractivity contribution in [2.45, 2.75) is 25.4 Å². The van der Waals surface area contributed by atoms with Crippen LogP contribution in [0.4, 0.5) is 13.2 Å². The number of rotatable bonds is 5. The number of hydrogen-bond donors (Lipinski definition) is 0. The van der Waals surface area contributed by atoms with Gasteiger partial charge in [0.1, 0.15) is 17.7 Å². The van der Waals surface area contributed by atoms with Gasteiger partial charge in [-0.05, 0) is 18.6 Å². The third-order valence-electron chi connectivity index (χ3n) is 3.30. The minimum absolute atomic E-state index is 0.164. The lowest BCUT2D eigenvalue weighted by atomic mass is 10.1. The van der Waals surface area contributed by atoms with Gasteiger partial charge in [-0.2, -0.15) is 13.2 Å². The second kappa shape index (κ2) is 6.32. The summed E-state index contributed by atoms with van der Waals surface area (Å²) in [5, 5.41) is 3.61. The molecule has 5 nitrogen and oxygen atoms in total. The first-order valence-corrected chi connectivity index (χ1v) is 8.20. The van der Waals surface area contributed by atoms with E-state index in [0.29, 0.717) is 5.56 Å². The van der Waals surface area contributed by atoms with Crippen molar-refractivity contribution in [2.24, 2.45) is 0 Å². The summed E-state index contributed by atoms with van der Waals surface area (Å²) in [5.41, 5.74) is 0.317. The predicted octanol–water partition coefficient (Wildman–Crippen LogP) is 2.96. The van der Waals surface area contributed by atoms with E-state index in [1.807, 2.05) is 0 Å². The summed E-state index contributed by atoms with van der Waals surface area (Å²) in [4.78, 5) is 0. The highest BCUT2D eigenvalue weighted by Crippen LogP contribution is 2.29. The highest BCUT2D eigenvalue weighted by Gasteiger charge is 2.30. The van der Waals surface area contributed by atoms with Gasteiger partial charge in [-0.25, -0.2) is 12.7 Å². The molecule has 0 saturated carbocycles. The van der Waals surface area contributed by atoms with Crippen molar-refractivity contribution < 1.29 is 26.1 Å². The monoisotopic (exact) mass is 348 g/mol. The first-order valence-electron chi connectivity index (χ1n) is 6.59. The van der Waals surface area contributed by atoms with Crippen LogP contribution in [0.3, 0.4) is 0 Å². The van der Waals surface area contributed by atoms with Crippen LogP contribution in [0.5, 0.6) is 0 Å². The number of hydrogen-bond acceptors (Lipinski definition) is 4. The summed E-state index contributed by atoms with van der Waals surface area (Å²) < 4.78 is 68.3. The normalized spacial score (nSPS) is 12.8. The van der Waals surface area contributed by atoms with Gasteiger partial charge >= 0.3 is 6.18 Å². The van der Waals surface area contributed by atoms with Gasteiger partial charge in [-0.1, -0.05) is 23.4 Å². The molecule has 0 aliphatic heterocycles. The zero-order valence-electron chi connectivity index (χ0n) is 12.5. The Hall–Kier alpha value is -1.87. The Morgan fingerprint density at radius 1 is 1.30 bits per heavy atom. The van der Waals surface area contributed by atoms with Gasteiger partial charge in [0.25, 0.3) is 0 Å². The lowest BCUT2D eigenvalue weighted by Gasteiger charge is -2.17. The third-order valence-corrected chi connectivity index (χ3v) is 5.02. The largest absolute Gasteiger partial charge is 0.416 e. The van der Waals surface area contributed by atoms with Crippen LogP contribution in [0.2, 0.25) is 0 Å². The van der Waals surface area contributed by atoms with Crippen LogP contribution in [0, 0.1) is 6.92 Å². The molecule has 126 valence electrons. The number of benzene rings is 1. The second-order valence-corrected chi connectivity index (χ2v) is 7.23. The minimum Gasteiger partial charge on any atom is -0.364 e. The molecule has 23 heavy (non-hydrogen) atoms. The average molecular weight is 348 g/mol. The Morgan fingerprint density at radius 2 is 2.00 bits per heavy atom. The van der Waals surface area contributed by atoms with Gasteiger partial charge in [-0.15, -0.1) is 0 Å². The number of aryl methyl sites for hydroxylation is 1. The van der Waals surface area contributed by atoms with E-state index in [4.69, 9.17) is 0 Å². The molecule has 0 unspecified atom stereocenters. The first kappa shape index (κ1) is 17.5. The molecule has 0 N–H and O–H groups in total. The average Bonchev–Trinajstić information content (AvgIpc) is 2.83. The summed E-state index contributed by atoms with van der Waals surface area (Å²) in [5.74, 6) is -0.370. The van der Waals surface area contributed by atoms with Crippen LogP contribution in [-0.4, -0.2) is 24.9 Å². The predicted molar refractivity (Wildman–Crippen MR) is 76.8 cm³/mol. The number of aromatic nitrogens is 1. The molecule has 0 aliphatic carbocycles. The van der Waals surface area contributed by atoms with E-state index < -0.39 is 21.8 Å². The topological polar surface area (TPSA) is 63.4 Å². The quantitative estimate of drug-likeness (QED) is 0.833. The van der Waals surface area contributed by atoms with Gasteiger partial charge in [0.15, 0.2) is 0 Å². The summed E-state index contributed by atoms with van der Waals surface area (Å²) in [6.07, 6.45) is -3.14. The molecule has 9 heteroatoms. The smallest absolute Gasteiger partial charge is 0.364 e. The van der Waals surface area contributed by atoms with Gasteiger partial charge in [-0.3, -0.25) is 0 Å². The minimum atomic E-state index is -4.47. The Morgan fingerprint density at radius 3 is 2.57 bits per heavy atom. The van der Waals surface area contributed by atoms with Gasteiger partial charge in [0.2, 0.25) is 10.0 Å². The highest BCUT2D eigenvalue weighted by atomic mass is 32.2. The van der Waals surface area contributed by atoms with Crippen LogP contribution in [-0.2, 0) is 28.5 Å². The molecule has 1 heterocycles. The van der Waals surface area contributed by atoms with Gasteiger partial charge < -0.3 is 4.52 Å². The molecule has 0 atom stereocenters. The molecule has 1 aromatic carbocycles. The summed E-state index contributed by atoms with van der Waals surface area (Å²) in [6.45, 7) is 1.50. The van der Waals surface area contributed by atoms with Crippen LogP contribution in [0.1, 0.15) is 22.4 Å². The molecular weight excluding hydrogens is 333 g/mol. The van der Waals surface area contributed by atoms with Crippen molar-refractivity contribution >= 4 is 10.0 Å². The Labute approximate surface area is 131 Å². The maximum atomic E-state index is 12.7. The summed E-state index contributed by atoms with van der Waals surface area (Å²) >= 11 is 0. The molecule has 1 aromatic heterocycles. The fourth-order valence-electron chi connectivity index (χ4n) is 1.93. The van der Waals surface area contributed by atoms with E-state index in [1.165, 1.54) is 25.4 Å². The van der Waals surface area contributed by atoms with Crippen molar-refractivity contribution in [3.8, 4) is 0 Å². The van der Waals surface area contributed by atoms with Crippen molar-refractivity contribution in [3.63, 3.8) is 0 Å². The van der Waals surface area contributed by atoms with E-state index in [2.05, 4.69) is 9.68 Å². The molecule has 0 aliphatic rings. The number of sulfonamides is 1. The van der Waals surface area contributed by atoms with Crippen molar-refractivity contribution in [2.75, 3.05) is 7.05 Å². The lowest BCUT2D eigenvalue weighted by molar-refractivity contribution is -0.137. The van der Waals surface area contributed by atoms with Crippen LogP contribution in [0.25, 0.3) is 0 Å². The molecule has 0 spiro atoms. The van der Waals surface area contributed by atoms with Crippen LogP contribution < -0.4 is 0 Å². The zero-order chi connectivity index (χ0) is 17.3. The molecular formula is C14H15F3N2O3S. The Kier molecular flexibility index (Phi) is 4.81. The fraction of sp³-hybridized carbons (Fsp3) is 0.357. The molecule has 0 radical (unpaired) electrons. The fourth-order valence-corrected chi connectivity index (χ4v) is 3.13. The van der Waals surface area contributed by atoms with E-state index in [0.717, 1.165) is 16.4 Å². The highest BCUT2D eigenvalue weighted by molar-refractivity contribution is 7.88. The van der Waals surface area contributed by atoms with E-state index >= 15 is 0 Å². The standard InChI is InChI=1S/C14H15F3N2O3S/c1-10-8-22-18-13(10)9-23(20,21)19(2)7-11-4-3-5-12(6-11)14(15,16)17/h3-6,8H,7,9H2,1-2H3. The van der Waals surface area contributed by atoms with E-state index in [1.54, 1.807) is 6.92 Å². The summed E-state index contributed by atoms with van der Waals surface area (Å²) in [7, 11) is -2.41. The van der Waals surface area contributed by atoms with Crippen molar-refractivity contribution in [1.82, 2.24) is 9.46 Å². The first-order chi connectivity index (χ1) is 10.6. The van der Waals surface area contributed by atoms with Gasteiger partial charge in [0, 0.05) is 19.2 Å². The summed E-state index contributed by atoms with van der Waals surface area (Å²) in [6, 6.07) is 4.58. The van der Waals surface area contributed by atoms with Crippen LogP contribution >= 0.6 is 0 Å². The Bertz CT molecular complexity index is 785. The van der Waals surface area contributed by atoms with E-state index in [-0.39, 0.29) is 23.6 Å². The molecule has 2 aromatic rings. The second-order valence-electron chi connectivity index (χ2n) is 5.15. The van der Waals surface area contributed by atoms with Crippen molar-refractivity contribution in [3.05, 3.63) is 52.9 Å². The number of nitrogens with zero attached hydrogens (tertiary/aromatic N) is 2. The van der Waals surface area contributed by atoms with Gasteiger partial charge in [0.05, 0.1) is 5.56 Å². The maximum Gasteiger partial charge on any atom is 0.416 e. The molecule has 0 fully saturated rings. The van der Waals surface area contributed by atoms with E-state index in [9.17, 15) is 21.6 Å². The Balaban J connectivity index is 2.15. The van der Waals surface area contributed by atoms with Crippen molar-refractivity contribution in [1.29, 1.82) is 0 Å². The zero-order valence-corrected chi connectivity index (χ0v) is 13.3. The molecule has 0 saturated heterocycles. The lowest BCUT2D eigenvalue weighted by Crippen LogP contribution is -2.28.